The van der Waals surface area contributed by atoms with Gasteiger partial charge in [0, 0.05) is 29.1 Å². The second-order valence-electron chi connectivity index (χ2n) is 7.96. The van der Waals surface area contributed by atoms with Crippen molar-refractivity contribution in [3.05, 3.63) is 76.6 Å². The van der Waals surface area contributed by atoms with E-state index in [-0.39, 0.29) is 18.3 Å². The minimum atomic E-state index is 0.0284. The third kappa shape index (κ3) is 4.26. The number of carbonyl (C=O) groups excluding carboxylic acids is 1. The van der Waals surface area contributed by atoms with E-state index in [1.54, 1.807) is 0 Å². The van der Waals surface area contributed by atoms with E-state index in [0.29, 0.717) is 23.2 Å². The van der Waals surface area contributed by atoms with E-state index in [4.69, 9.17) is 13.9 Å². The highest BCUT2D eigenvalue weighted by molar-refractivity contribution is 7.99. The van der Waals surface area contributed by atoms with Crippen LogP contribution < -0.4 is 9.47 Å². The summed E-state index contributed by atoms with van der Waals surface area (Å²) < 4.78 is 18.8. The zero-order valence-electron chi connectivity index (χ0n) is 18.6. The van der Waals surface area contributed by atoms with Gasteiger partial charge in [-0.3, -0.25) is 4.79 Å². The van der Waals surface area contributed by atoms with Crippen molar-refractivity contribution in [1.82, 2.24) is 14.8 Å². The molecular formula is C25H23N3O4S. The number of fused-ring (bicyclic) bond motifs is 1. The van der Waals surface area contributed by atoms with Crippen LogP contribution in [0.25, 0.3) is 11.5 Å². The number of hydrogen-bond donors (Lipinski definition) is 0. The maximum atomic E-state index is 13.0. The first kappa shape index (κ1) is 21.3. The number of aryl methyl sites for hydroxylation is 2. The van der Waals surface area contributed by atoms with E-state index in [1.807, 2.05) is 69.3 Å². The predicted octanol–water partition coefficient (Wildman–Crippen LogP) is 5.22. The third-order valence-corrected chi connectivity index (χ3v) is 6.58. The van der Waals surface area contributed by atoms with E-state index in [1.165, 1.54) is 11.8 Å². The van der Waals surface area contributed by atoms with Crippen molar-refractivity contribution in [3.63, 3.8) is 0 Å². The second kappa shape index (κ2) is 8.78. The van der Waals surface area contributed by atoms with Crippen LogP contribution >= 0.6 is 11.8 Å². The molecule has 8 heteroatoms. The van der Waals surface area contributed by atoms with Gasteiger partial charge in [-0.1, -0.05) is 36.0 Å². The largest absolute Gasteiger partial charge is 0.454 e. The molecule has 2 aromatic carbocycles. The summed E-state index contributed by atoms with van der Waals surface area (Å²) in [7, 11) is 0. The Morgan fingerprint density at radius 2 is 1.85 bits per heavy atom. The minimum absolute atomic E-state index is 0.0284. The zero-order chi connectivity index (χ0) is 22.9. The Morgan fingerprint density at radius 3 is 2.70 bits per heavy atom. The topological polar surface area (TPSA) is 79.4 Å². The van der Waals surface area contributed by atoms with Gasteiger partial charge in [-0.05, 0) is 56.2 Å². The number of ketones is 1. The van der Waals surface area contributed by atoms with Crippen molar-refractivity contribution in [2.45, 2.75) is 32.5 Å². The Labute approximate surface area is 195 Å². The van der Waals surface area contributed by atoms with Crippen LogP contribution in [-0.2, 0) is 6.54 Å². The lowest BCUT2D eigenvalue weighted by Gasteiger charge is -2.10. The van der Waals surface area contributed by atoms with E-state index in [0.717, 1.165) is 39.6 Å². The van der Waals surface area contributed by atoms with Crippen LogP contribution in [0, 0.1) is 20.8 Å². The van der Waals surface area contributed by atoms with Crippen molar-refractivity contribution in [1.29, 1.82) is 0 Å². The van der Waals surface area contributed by atoms with E-state index in [2.05, 4.69) is 14.8 Å². The maximum absolute atomic E-state index is 13.0. The number of aromatic nitrogens is 3. The quantitative estimate of drug-likeness (QED) is 0.276. The predicted molar refractivity (Wildman–Crippen MR) is 125 cm³/mol. The molecule has 0 aliphatic carbocycles. The van der Waals surface area contributed by atoms with Crippen LogP contribution in [0.15, 0.2) is 58.2 Å². The highest BCUT2D eigenvalue weighted by Crippen LogP contribution is 2.33. The first-order valence-electron chi connectivity index (χ1n) is 10.6. The molecule has 0 saturated carbocycles. The van der Waals surface area contributed by atoms with Gasteiger partial charge in [0.2, 0.25) is 12.7 Å². The summed E-state index contributed by atoms with van der Waals surface area (Å²) in [5, 5.41) is 8.61. The summed E-state index contributed by atoms with van der Waals surface area (Å²) in [6.07, 6.45) is 0. The van der Waals surface area contributed by atoms with Crippen LogP contribution in [-0.4, -0.2) is 33.1 Å². The molecule has 0 spiro atoms. The SMILES string of the molecule is Cc1ccccc1-c1nnc(SCC(=O)c2cc(C)n(Cc3ccc4c(c3)OCO4)c2C)o1. The number of Topliss-reactive ketones (excluding diaryl/α,β-unsaturated/α-hetero) is 1. The fourth-order valence-electron chi connectivity index (χ4n) is 3.94. The third-order valence-electron chi connectivity index (χ3n) is 5.76. The summed E-state index contributed by atoms with van der Waals surface area (Å²) >= 11 is 1.26. The van der Waals surface area contributed by atoms with Crippen LogP contribution in [0.2, 0.25) is 0 Å². The van der Waals surface area contributed by atoms with Crippen LogP contribution in [0.4, 0.5) is 0 Å². The smallest absolute Gasteiger partial charge is 0.277 e. The number of ether oxygens (including phenoxy) is 2. The first-order valence-corrected chi connectivity index (χ1v) is 11.6. The first-order chi connectivity index (χ1) is 16.0. The standard InChI is InChI=1S/C25H23N3O4S/c1-15-6-4-5-7-19(15)24-26-27-25(32-24)33-13-21(29)20-10-16(2)28(17(20)3)12-18-8-9-22-23(11-18)31-14-30-22/h4-11H,12-14H2,1-3H3. The van der Waals surface area contributed by atoms with Gasteiger partial charge in [-0.2, -0.15) is 0 Å². The summed E-state index contributed by atoms with van der Waals surface area (Å²) in [6, 6.07) is 15.7. The van der Waals surface area contributed by atoms with Crippen LogP contribution in [0.3, 0.4) is 0 Å². The van der Waals surface area contributed by atoms with Gasteiger partial charge >= 0.3 is 0 Å². The molecule has 0 amide bonds. The molecule has 4 aromatic rings. The van der Waals surface area contributed by atoms with Gasteiger partial charge in [0.05, 0.1) is 5.75 Å². The molecule has 1 aliphatic heterocycles. The lowest BCUT2D eigenvalue weighted by molar-refractivity contribution is 0.102. The molecule has 0 saturated heterocycles. The number of nitrogens with zero attached hydrogens (tertiary/aromatic N) is 3. The zero-order valence-corrected chi connectivity index (χ0v) is 19.4. The molecule has 0 N–H and O–H groups in total. The van der Waals surface area contributed by atoms with E-state index >= 15 is 0 Å². The van der Waals surface area contributed by atoms with Crippen LogP contribution in [0.5, 0.6) is 11.5 Å². The van der Waals surface area contributed by atoms with Gasteiger partial charge in [0.15, 0.2) is 17.3 Å². The Morgan fingerprint density at radius 1 is 1.03 bits per heavy atom. The summed E-state index contributed by atoms with van der Waals surface area (Å²) in [4.78, 5) is 13.0. The van der Waals surface area contributed by atoms with Crippen molar-refractivity contribution < 1.29 is 18.7 Å². The lowest BCUT2D eigenvalue weighted by Crippen LogP contribution is -2.07. The molecule has 7 nitrogen and oxygen atoms in total. The molecular weight excluding hydrogens is 438 g/mol. The molecule has 0 fully saturated rings. The van der Waals surface area contributed by atoms with Crippen molar-refractivity contribution in [2.24, 2.45) is 0 Å². The molecule has 3 heterocycles. The average molecular weight is 462 g/mol. The molecule has 1 aliphatic rings. The van der Waals surface area contributed by atoms with Gasteiger partial charge in [-0.25, -0.2) is 0 Å². The van der Waals surface area contributed by atoms with Gasteiger partial charge in [0.25, 0.3) is 5.22 Å². The average Bonchev–Trinajstić information content (AvgIpc) is 3.53. The van der Waals surface area contributed by atoms with Gasteiger partial charge in [0.1, 0.15) is 0 Å². The molecule has 0 bridgehead atoms. The molecule has 0 atom stereocenters. The Hall–Kier alpha value is -3.52. The molecule has 0 radical (unpaired) electrons. The summed E-state index contributed by atoms with van der Waals surface area (Å²) in [6.45, 7) is 6.88. The lowest BCUT2D eigenvalue weighted by atomic mass is 10.1. The van der Waals surface area contributed by atoms with E-state index in [9.17, 15) is 4.79 Å². The van der Waals surface area contributed by atoms with Crippen molar-refractivity contribution in [2.75, 3.05) is 12.5 Å². The fraction of sp³-hybridized carbons (Fsp3) is 0.240. The Bertz CT molecular complexity index is 1340. The molecule has 0 unspecified atom stereocenters. The fourth-order valence-corrected chi connectivity index (χ4v) is 4.59. The molecule has 2 aromatic heterocycles. The Balaban J connectivity index is 1.27. The maximum Gasteiger partial charge on any atom is 0.277 e. The van der Waals surface area contributed by atoms with Crippen LogP contribution in [0.1, 0.15) is 32.9 Å². The summed E-state index contributed by atoms with van der Waals surface area (Å²) in [5.74, 6) is 2.24. The van der Waals surface area contributed by atoms with Gasteiger partial charge < -0.3 is 18.5 Å². The number of benzene rings is 2. The minimum Gasteiger partial charge on any atom is -0.454 e. The molecule has 33 heavy (non-hydrogen) atoms. The normalized spacial score (nSPS) is 12.3. The highest BCUT2D eigenvalue weighted by atomic mass is 32.2. The van der Waals surface area contributed by atoms with Gasteiger partial charge in [-0.15, -0.1) is 10.2 Å². The number of hydrogen-bond acceptors (Lipinski definition) is 7. The Kier molecular flexibility index (Phi) is 5.68. The van der Waals surface area contributed by atoms with E-state index < -0.39 is 0 Å². The highest BCUT2D eigenvalue weighted by Gasteiger charge is 2.19. The number of carbonyl (C=O) groups is 1. The molecule has 168 valence electrons. The monoisotopic (exact) mass is 461 g/mol. The van der Waals surface area contributed by atoms with Crippen molar-refractivity contribution >= 4 is 17.5 Å². The number of rotatable bonds is 7. The molecule has 5 rings (SSSR count). The number of thioether (sulfide) groups is 1. The summed E-state index contributed by atoms with van der Waals surface area (Å²) in [5.41, 5.74) is 5.71. The van der Waals surface area contributed by atoms with Crippen molar-refractivity contribution in [3.8, 4) is 23.0 Å². The second-order valence-corrected chi connectivity index (χ2v) is 8.89.